The number of benzene rings is 4. The molecule has 0 bridgehead atoms. The molecule has 0 saturated carbocycles. The lowest BCUT2D eigenvalue weighted by atomic mass is 9.91. The van der Waals surface area contributed by atoms with E-state index in [1.54, 1.807) is 49.5 Å². The van der Waals surface area contributed by atoms with E-state index in [1.807, 2.05) is 91.8 Å². The summed E-state index contributed by atoms with van der Waals surface area (Å²) in [6, 6.07) is 33.0. The van der Waals surface area contributed by atoms with E-state index in [4.69, 9.17) is 18.6 Å². The van der Waals surface area contributed by atoms with E-state index in [1.165, 1.54) is 4.57 Å². The topological polar surface area (TPSA) is 141 Å². The molecule has 2 aromatic heterocycles. The van der Waals surface area contributed by atoms with Crippen LogP contribution in [0.25, 0.3) is 21.9 Å². The third kappa shape index (κ3) is 9.33. The lowest BCUT2D eigenvalue weighted by molar-refractivity contribution is -0.126. The summed E-state index contributed by atoms with van der Waals surface area (Å²) in [5.74, 6) is -0.629. The molecule has 54 heavy (non-hydrogen) atoms. The smallest absolute Gasteiger partial charge is 0.421 e. The number of carbonyl (C=O) groups excluding carboxylic acids is 4. The summed E-state index contributed by atoms with van der Waals surface area (Å²) in [6.45, 7) is 1.88. The molecule has 0 radical (unpaired) electrons. The zero-order chi connectivity index (χ0) is 38.1. The van der Waals surface area contributed by atoms with Crippen LogP contribution in [-0.2, 0) is 45.0 Å². The first-order chi connectivity index (χ1) is 26.1. The van der Waals surface area contributed by atoms with E-state index < -0.39 is 36.4 Å². The van der Waals surface area contributed by atoms with Crippen molar-refractivity contribution in [3.05, 3.63) is 143 Å². The highest BCUT2D eigenvalue weighted by atomic mass is 16.7. The second-order valence-electron chi connectivity index (χ2n) is 13.4. The number of esters is 1. The maximum absolute atomic E-state index is 13.9. The number of furan rings is 1. The minimum atomic E-state index is -1.52. The molecule has 1 atom stereocenters. The lowest BCUT2D eigenvalue weighted by Gasteiger charge is -2.29. The molecule has 6 rings (SSSR count). The minimum absolute atomic E-state index is 0.0104. The van der Waals surface area contributed by atoms with Crippen LogP contribution in [0.3, 0.4) is 0 Å². The summed E-state index contributed by atoms with van der Waals surface area (Å²) in [6.07, 6.45) is 0.502. The molecule has 0 saturated heterocycles. The summed E-state index contributed by atoms with van der Waals surface area (Å²) in [7, 11) is 3.91. The third-order valence-corrected chi connectivity index (χ3v) is 8.84. The first-order valence-electron chi connectivity index (χ1n) is 17.5. The number of fused-ring (bicyclic) bond motifs is 2. The van der Waals surface area contributed by atoms with Crippen molar-refractivity contribution in [3.8, 4) is 0 Å². The normalized spacial score (nSPS) is 12.3. The fraction of sp³-hybridized carbons (Fsp3) is 0.238. The summed E-state index contributed by atoms with van der Waals surface area (Å²) in [5, 5.41) is 7.26. The van der Waals surface area contributed by atoms with Crippen LogP contribution < -0.4 is 10.6 Å². The number of nitrogens with one attached hydrogen (secondary N) is 2. The van der Waals surface area contributed by atoms with Crippen molar-refractivity contribution in [2.24, 2.45) is 0 Å². The Hall–Kier alpha value is -6.40. The first kappa shape index (κ1) is 37.4. The zero-order valence-electron chi connectivity index (χ0n) is 30.4. The molecule has 278 valence electrons. The molecule has 2 N–H and O–H groups in total. The lowest BCUT2D eigenvalue weighted by Crippen LogP contribution is -2.58. The summed E-state index contributed by atoms with van der Waals surface area (Å²) >= 11 is 0. The number of hydrogen-bond donors (Lipinski definition) is 2. The van der Waals surface area contributed by atoms with Crippen molar-refractivity contribution in [3.63, 3.8) is 0 Å². The van der Waals surface area contributed by atoms with Gasteiger partial charge in [-0.1, -0.05) is 78.9 Å². The molecule has 1 unspecified atom stereocenters. The van der Waals surface area contributed by atoms with Crippen LogP contribution in [0, 0.1) is 0 Å². The molecule has 6 aromatic rings. The van der Waals surface area contributed by atoms with Gasteiger partial charge in [-0.15, -0.1) is 0 Å². The highest BCUT2D eigenvalue weighted by molar-refractivity contribution is 5.95. The predicted molar refractivity (Wildman–Crippen MR) is 203 cm³/mol. The Morgan fingerprint density at radius 3 is 2.30 bits per heavy atom. The zero-order valence-corrected chi connectivity index (χ0v) is 30.4. The van der Waals surface area contributed by atoms with Crippen LogP contribution >= 0.6 is 0 Å². The Morgan fingerprint density at radius 2 is 1.54 bits per heavy atom. The van der Waals surface area contributed by atoms with Crippen LogP contribution in [0.15, 0.2) is 120 Å². The van der Waals surface area contributed by atoms with E-state index >= 15 is 0 Å². The molecule has 2 amide bonds. The van der Waals surface area contributed by atoms with E-state index in [-0.39, 0.29) is 13.0 Å². The molecular weight excluding hydrogens is 688 g/mol. The van der Waals surface area contributed by atoms with Crippen LogP contribution in [0.2, 0.25) is 0 Å². The largest absolute Gasteiger partial charge is 0.457 e. The van der Waals surface area contributed by atoms with Crippen LogP contribution in [0.1, 0.15) is 39.7 Å². The van der Waals surface area contributed by atoms with Gasteiger partial charge in [0.05, 0.1) is 11.1 Å². The van der Waals surface area contributed by atoms with E-state index in [0.717, 1.165) is 23.1 Å². The Balaban J connectivity index is 1.15. The molecule has 0 spiro atoms. The van der Waals surface area contributed by atoms with Crippen molar-refractivity contribution >= 4 is 45.9 Å². The Bertz CT molecular complexity index is 2210. The quantitative estimate of drug-likeness (QED) is 0.0911. The Labute approximate surface area is 312 Å². The molecule has 2 heterocycles. The average molecular weight is 731 g/mol. The SMILES string of the molecule is CN(C)Cc1ccc(C(=O)OCOC(=O)n2cc(CC(C)(NC(=O)OCc3cc4ccccc4o3)C(=O)NCCc3ccccc3)c3ccccc32)cc1. The molecule has 12 heteroatoms. The van der Waals surface area contributed by atoms with Crippen LogP contribution in [0.4, 0.5) is 9.59 Å². The Kier molecular flexibility index (Phi) is 11.7. The molecule has 0 aliphatic carbocycles. The number of ether oxygens (including phenoxy) is 3. The minimum Gasteiger partial charge on any atom is -0.457 e. The van der Waals surface area contributed by atoms with Gasteiger partial charge in [-0.2, -0.15) is 0 Å². The van der Waals surface area contributed by atoms with Gasteiger partial charge in [0.1, 0.15) is 16.9 Å². The Morgan fingerprint density at radius 1 is 0.815 bits per heavy atom. The van der Waals surface area contributed by atoms with Gasteiger partial charge in [-0.05, 0) is 74.5 Å². The fourth-order valence-electron chi connectivity index (χ4n) is 6.17. The highest BCUT2D eigenvalue weighted by Crippen LogP contribution is 2.26. The van der Waals surface area contributed by atoms with E-state index in [2.05, 4.69) is 10.6 Å². The van der Waals surface area contributed by atoms with Gasteiger partial charge in [0.2, 0.25) is 12.7 Å². The first-order valence-corrected chi connectivity index (χ1v) is 17.5. The fourth-order valence-corrected chi connectivity index (χ4v) is 6.17. The highest BCUT2D eigenvalue weighted by Gasteiger charge is 2.37. The van der Waals surface area contributed by atoms with Gasteiger partial charge in [0.15, 0.2) is 6.61 Å². The number of carbonyl (C=O) groups is 4. The number of nitrogens with zero attached hydrogens (tertiary/aromatic N) is 2. The molecule has 0 fully saturated rings. The van der Waals surface area contributed by atoms with Crippen molar-refractivity contribution in [2.45, 2.75) is 38.5 Å². The van der Waals surface area contributed by atoms with Crippen molar-refractivity contribution in [1.29, 1.82) is 0 Å². The van der Waals surface area contributed by atoms with Crippen molar-refractivity contribution in [2.75, 3.05) is 27.4 Å². The maximum atomic E-state index is 13.9. The van der Waals surface area contributed by atoms with E-state index in [0.29, 0.717) is 46.3 Å². The van der Waals surface area contributed by atoms with Gasteiger partial charge in [-0.25, -0.2) is 14.4 Å². The third-order valence-electron chi connectivity index (χ3n) is 8.84. The molecule has 0 aliphatic heterocycles. The van der Waals surface area contributed by atoms with Crippen molar-refractivity contribution < 1.29 is 37.8 Å². The van der Waals surface area contributed by atoms with Gasteiger partial charge < -0.3 is 34.2 Å². The summed E-state index contributed by atoms with van der Waals surface area (Å²) in [4.78, 5) is 55.2. The molecule has 4 aromatic carbocycles. The average Bonchev–Trinajstić information content (AvgIpc) is 3.75. The predicted octanol–water partition coefficient (Wildman–Crippen LogP) is 6.83. The summed E-state index contributed by atoms with van der Waals surface area (Å²) < 4.78 is 23.2. The van der Waals surface area contributed by atoms with Crippen LogP contribution in [0.5, 0.6) is 0 Å². The summed E-state index contributed by atoms with van der Waals surface area (Å²) in [5.41, 5.74) is 2.63. The van der Waals surface area contributed by atoms with Gasteiger partial charge in [0.25, 0.3) is 0 Å². The molecular formula is C42H42N4O8. The van der Waals surface area contributed by atoms with Crippen molar-refractivity contribution in [1.82, 2.24) is 20.1 Å². The standard InChI is InChI=1S/C42H42N4O8/c1-42(39(48)43-22-21-29-11-5-4-6-12-29,44-40(49)51-27-34-23-32-13-7-10-16-37(32)54-34)24-33-26-46(36-15-9-8-14-35(33)36)41(50)53-28-52-38(47)31-19-17-30(18-20-31)25-45(2)3/h4-20,23,26H,21-22,24-25,27-28H2,1-3H3,(H,43,48)(H,44,49). The second kappa shape index (κ2) is 17.0. The number of rotatable bonds is 14. The van der Waals surface area contributed by atoms with Gasteiger partial charge in [0, 0.05) is 36.5 Å². The maximum Gasteiger partial charge on any atom is 0.421 e. The van der Waals surface area contributed by atoms with Gasteiger partial charge in [-0.3, -0.25) is 9.36 Å². The van der Waals surface area contributed by atoms with Crippen LogP contribution in [-0.4, -0.2) is 66.5 Å². The van der Waals surface area contributed by atoms with E-state index in [9.17, 15) is 19.2 Å². The molecule has 0 aliphatic rings. The number of alkyl carbamates (subject to hydrolysis) is 1. The number of amides is 2. The van der Waals surface area contributed by atoms with Gasteiger partial charge >= 0.3 is 18.2 Å². The number of hydrogen-bond acceptors (Lipinski definition) is 9. The number of para-hydroxylation sites is 2. The molecule has 12 nitrogen and oxygen atoms in total. The number of aromatic nitrogens is 1. The monoisotopic (exact) mass is 730 g/mol. The second-order valence-corrected chi connectivity index (χ2v) is 13.4.